The van der Waals surface area contributed by atoms with E-state index in [4.69, 9.17) is 4.74 Å². The van der Waals surface area contributed by atoms with E-state index in [1.54, 1.807) is 0 Å². The van der Waals surface area contributed by atoms with E-state index in [0.29, 0.717) is 19.4 Å². The van der Waals surface area contributed by atoms with Gasteiger partial charge in [0, 0.05) is 26.1 Å². The number of ether oxygens (including phenoxy) is 1. The van der Waals surface area contributed by atoms with E-state index in [-0.39, 0.29) is 6.04 Å². The van der Waals surface area contributed by atoms with Crippen molar-refractivity contribution in [2.24, 2.45) is 7.05 Å². The average Bonchev–Trinajstić information content (AvgIpc) is 2.76. The molecule has 0 amide bonds. The highest BCUT2D eigenvalue weighted by molar-refractivity contribution is 5.75. The van der Waals surface area contributed by atoms with E-state index in [9.17, 15) is 5.11 Å². The molecular weight excluding hydrogens is 266 g/mol. The summed E-state index contributed by atoms with van der Waals surface area (Å²) >= 11 is 0. The molecule has 2 heterocycles. The maximum absolute atomic E-state index is 10.7. The number of hydrogen-bond donors (Lipinski definition) is 2. The third-order valence-electron chi connectivity index (χ3n) is 4.10. The highest BCUT2D eigenvalue weighted by Gasteiger charge is 2.29. The number of benzene rings is 1. The van der Waals surface area contributed by atoms with Crippen molar-refractivity contribution in [2.75, 3.05) is 19.8 Å². The molecule has 0 radical (unpaired) electrons. The predicted molar refractivity (Wildman–Crippen MR) is 82.3 cm³/mol. The molecule has 0 saturated carbocycles. The minimum Gasteiger partial charge on any atom is -0.390 e. The molecule has 5 nitrogen and oxygen atoms in total. The van der Waals surface area contributed by atoms with Gasteiger partial charge < -0.3 is 19.7 Å². The molecule has 2 aromatic rings. The van der Waals surface area contributed by atoms with Gasteiger partial charge in [0.15, 0.2) is 0 Å². The lowest BCUT2D eigenvalue weighted by Gasteiger charge is -2.31. The van der Waals surface area contributed by atoms with Gasteiger partial charge in [0.25, 0.3) is 0 Å². The van der Waals surface area contributed by atoms with Gasteiger partial charge in [0.2, 0.25) is 0 Å². The molecule has 1 aromatic carbocycles. The molecule has 114 valence electrons. The number of morpholine rings is 1. The second-order valence-electron chi connectivity index (χ2n) is 6.18. The van der Waals surface area contributed by atoms with Crippen molar-refractivity contribution in [3.8, 4) is 0 Å². The Morgan fingerprint density at radius 2 is 2.29 bits per heavy atom. The van der Waals surface area contributed by atoms with Gasteiger partial charge in [-0.2, -0.15) is 0 Å². The Bertz CT molecular complexity index is 615. The number of nitrogens with one attached hydrogen (secondary N) is 1. The van der Waals surface area contributed by atoms with E-state index < -0.39 is 5.60 Å². The van der Waals surface area contributed by atoms with Crippen LogP contribution >= 0.6 is 0 Å². The Hall–Kier alpha value is -1.43. The lowest BCUT2D eigenvalue weighted by Crippen LogP contribution is -2.46. The molecule has 1 aromatic heterocycles. The smallest absolute Gasteiger partial charge is 0.112 e. The lowest BCUT2D eigenvalue weighted by molar-refractivity contribution is 0.00510. The van der Waals surface area contributed by atoms with Gasteiger partial charge in [0.05, 0.1) is 29.8 Å². The van der Waals surface area contributed by atoms with Crippen molar-refractivity contribution in [1.29, 1.82) is 0 Å². The predicted octanol–water partition coefficient (Wildman–Crippen LogP) is 1.25. The second kappa shape index (κ2) is 5.75. The summed E-state index contributed by atoms with van der Waals surface area (Å²) in [6.45, 7) is 4.15. The lowest BCUT2D eigenvalue weighted by atomic mass is 9.93. The topological polar surface area (TPSA) is 59.3 Å². The van der Waals surface area contributed by atoms with Crippen LogP contribution in [0.2, 0.25) is 0 Å². The van der Waals surface area contributed by atoms with Crippen molar-refractivity contribution in [2.45, 2.75) is 31.4 Å². The first-order valence-electron chi connectivity index (χ1n) is 7.49. The Balaban J connectivity index is 1.75. The van der Waals surface area contributed by atoms with E-state index in [1.165, 1.54) is 0 Å². The molecule has 2 unspecified atom stereocenters. The first-order valence-corrected chi connectivity index (χ1v) is 7.49. The summed E-state index contributed by atoms with van der Waals surface area (Å²) in [5.41, 5.74) is 1.28. The van der Waals surface area contributed by atoms with E-state index in [0.717, 1.165) is 30.0 Å². The van der Waals surface area contributed by atoms with Crippen LogP contribution in [0.25, 0.3) is 11.0 Å². The summed E-state index contributed by atoms with van der Waals surface area (Å²) in [6.07, 6.45) is 1.20. The van der Waals surface area contributed by atoms with Crippen LogP contribution in [0.1, 0.15) is 19.2 Å². The average molecular weight is 289 g/mol. The highest BCUT2D eigenvalue weighted by Crippen LogP contribution is 2.22. The van der Waals surface area contributed by atoms with Gasteiger partial charge in [-0.05, 0) is 25.5 Å². The first-order chi connectivity index (χ1) is 10.1. The van der Waals surface area contributed by atoms with Gasteiger partial charge in [-0.3, -0.25) is 0 Å². The Labute approximate surface area is 124 Å². The van der Waals surface area contributed by atoms with Crippen molar-refractivity contribution >= 4 is 11.0 Å². The fourth-order valence-electron chi connectivity index (χ4n) is 3.05. The number of hydrogen-bond acceptors (Lipinski definition) is 4. The maximum atomic E-state index is 10.7. The Morgan fingerprint density at radius 3 is 3.00 bits per heavy atom. The highest BCUT2D eigenvalue weighted by atomic mass is 16.5. The molecule has 0 spiro atoms. The largest absolute Gasteiger partial charge is 0.390 e. The van der Waals surface area contributed by atoms with Gasteiger partial charge >= 0.3 is 0 Å². The monoisotopic (exact) mass is 289 g/mol. The summed E-state index contributed by atoms with van der Waals surface area (Å²) in [6, 6.07) is 8.26. The fourth-order valence-corrected chi connectivity index (χ4v) is 3.05. The number of aromatic nitrogens is 2. The van der Waals surface area contributed by atoms with Crippen molar-refractivity contribution in [1.82, 2.24) is 14.9 Å². The molecule has 2 N–H and O–H groups in total. The summed E-state index contributed by atoms with van der Waals surface area (Å²) in [4.78, 5) is 4.64. The third kappa shape index (κ3) is 3.26. The molecule has 5 heteroatoms. The van der Waals surface area contributed by atoms with Crippen LogP contribution in [-0.4, -0.2) is 46.1 Å². The second-order valence-corrected chi connectivity index (χ2v) is 6.18. The minimum atomic E-state index is -0.798. The number of aryl methyl sites for hydroxylation is 1. The number of para-hydroxylation sites is 2. The number of rotatable bonds is 4. The molecule has 2 atom stereocenters. The zero-order valence-electron chi connectivity index (χ0n) is 12.7. The molecule has 3 rings (SSSR count). The molecule has 1 fully saturated rings. The number of fused-ring (bicyclic) bond motifs is 1. The molecule has 1 aliphatic heterocycles. The molecule has 1 aliphatic rings. The standard InChI is InChI=1S/C16H23N3O2/c1-16(20,9-12-11-21-8-7-17-12)10-15-18-13-5-3-4-6-14(13)19(15)2/h3-6,12,17,20H,7-11H2,1-2H3. The number of nitrogens with zero attached hydrogens (tertiary/aromatic N) is 2. The summed E-state index contributed by atoms with van der Waals surface area (Å²) in [5, 5.41) is 14.1. The van der Waals surface area contributed by atoms with Gasteiger partial charge in [-0.15, -0.1) is 0 Å². The van der Waals surface area contributed by atoms with Gasteiger partial charge in [-0.25, -0.2) is 4.98 Å². The van der Waals surface area contributed by atoms with E-state index in [2.05, 4.69) is 20.9 Å². The molecule has 0 aliphatic carbocycles. The first kappa shape index (κ1) is 14.5. The Kier molecular flexibility index (Phi) is 3.97. The number of aliphatic hydroxyl groups is 1. The zero-order valence-corrected chi connectivity index (χ0v) is 12.7. The van der Waals surface area contributed by atoms with Crippen molar-refractivity contribution < 1.29 is 9.84 Å². The minimum absolute atomic E-state index is 0.212. The van der Waals surface area contributed by atoms with Crippen LogP contribution in [0.3, 0.4) is 0 Å². The zero-order chi connectivity index (χ0) is 14.9. The van der Waals surface area contributed by atoms with Crippen LogP contribution in [0.4, 0.5) is 0 Å². The Morgan fingerprint density at radius 1 is 1.48 bits per heavy atom. The molecule has 0 bridgehead atoms. The van der Waals surface area contributed by atoms with Crippen molar-refractivity contribution in [3.05, 3.63) is 30.1 Å². The SMILES string of the molecule is Cn1c(CC(C)(O)CC2COCCN2)nc2ccccc21. The van der Waals surface area contributed by atoms with Crippen LogP contribution < -0.4 is 5.32 Å². The van der Waals surface area contributed by atoms with Crippen LogP contribution in [0, 0.1) is 0 Å². The quantitative estimate of drug-likeness (QED) is 0.889. The normalized spacial score (nSPS) is 22.3. The van der Waals surface area contributed by atoms with E-state index in [1.807, 2.05) is 32.2 Å². The molecular formula is C16H23N3O2. The summed E-state index contributed by atoms with van der Waals surface area (Å²) in [5.74, 6) is 0.915. The van der Waals surface area contributed by atoms with Gasteiger partial charge in [0.1, 0.15) is 5.82 Å². The fraction of sp³-hybridized carbons (Fsp3) is 0.562. The van der Waals surface area contributed by atoms with Crippen LogP contribution in [0.15, 0.2) is 24.3 Å². The summed E-state index contributed by atoms with van der Waals surface area (Å²) < 4.78 is 7.52. The van der Waals surface area contributed by atoms with Crippen LogP contribution in [0.5, 0.6) is 0 Å². The molecule has 21 heavy (non-hydrogen) atoms. The number of imidazole rings is 1. The van der Waals surface area contributed by atoms with E-state index >= 15 is 0 Å². The van der Waals surface area contributed by atoms with Crippen molar-refractivity contribution in [3.63, 3.8) is 0 Å². The molecule has 1 saturated heterocycles. The maximum Gasteiger partial charge on any atom is 0.112 e. The van der Waals surface area contributed by atoms with Crippen LogP contribution in [-0.2, 0) is 18.2 Å². The third-order valence-corrected chi connectivity index (χ3v) is 4.10. The summed E-state index contributed by atoms with van der Waals surface area (Å²) in [7, 11) is 2.00. The van der Waals surface area contributed by atoms with Gasteiger partial charge in [-0.1, -0.05) is 12.1 Å².